The van der Waals surface area contributed by atoms with Gasteiger partial charge in [-0.3, -0.25) is 5.10 Å². The van der Waals surface area contributed by atoms with Crippen molar-refractivity contribution in [3.8, 4) is 0 Å². The van der Waals surface area contributed by atoms with Gasteiger partial charge < -0.3 is 5.32 Å². The smallest absolute Gasteiger partial charge is 0.258 e. The molecule has 0 radical (unpaired) electrons. The van der Waals surface area contributed by atoms with Crippen LogP contribution in [0.4, 0.5) is 0 Å². The lowest BCUT2D eigenvalue weighted by Gasteiger charge is -2.11. The first kappa shape index (κ1) is 12.9. The Morgan fingerprint density at radius 1 is 1.65 bits per heavy atom. The Bertz CT molecular complexity index is 465. The maximum absolute atomic E-state index is 12.1. The molecular weight excluding hydrogens is 260 g/mol. The first-order valence-electron chi connectivity index (χ1n) is 5.40. The third-order valence-corrected chi connectivity index (χ3v) is 5.26. The number of thioether (sulfide) groups is 1. The van der Waals surface area contributed by atoms with E-state index in [0.717, 1.165) is 17.9 Å². The number of aromatic amines is 1. The van der Waals surface area contributed by atoms with E-state index < -0.39 is 10.0 Å². The van der Waals surface area contributed by atoms with Crippen molar-refractivity contribution >= 4 is 21.8 Å². The Balaban J connectivity index is 2.15. The Morgan fingerprint density at radius 2 is 2.47 bits per heavy atom. The van der Waals surface area contributed by atoms with Crippen LogP contribution in [0.15, 0.2) is 11.2 Å². The van der Waals surface area contributed by atoms with Crippen molar-refractivity contribution < 1.29 is 8.42 Å². The van der Waals surface area contributed by atoms with Gasteiger partial charge in [0, 0.05) is 23.9 Å². The number of nitrogens with one attached hydrogen (secondary N) is 3. The second-order valence-electron chi connectivity index (χ2n) is 3.94. The summed E-state index contributed by atoms with van der Waals surface area (Å²) in [6.07, 6.45) is 2.42. The number of hydrogen-bond donors (Lipinski definition) is 3. The molecular formula is C9H16N4O2S2. The average molecular weight is 276 g/mol. The molecule has 2 rings (SSSR count). The highest BCUT2D eigenvalue weighted by Crippen LogP contribution is 2.20. The third-order valence-electron chi connectivity index (χ3n) is 2.57. The van der Waals surface area contributed by atoms with Gasteiger partial charge in [0.15, 0.2) is 5.03 Å². The molecule has 1 unspecified atom stereocenters. The van der Waals surface area contributed by atoms with Crippen molar-refractivity contribution in [2.24, 2.45) is 0 Å². The van der Waals surface area contributed by atoms with E-state index in [4.69, 9.17) is 0 Å². The highest BCUT2D eigenvalue weighted by Gasteiger charge is 2.26. The van der Waals surface area contributed by atoms with E-state index in [9.17, 15) is 8.42 Å². The monoisotopic (exact) mass is 276 g/mol. The van der Waals surface area contributed by atoms with Gasteiger partial charge in [0.2, 0.25) is 0 Å². The van der Waals surface area contributed by atoms with Gasteiger partial charge in [-0.1, -0.05) is 0 Å². The van der Waals surface area contributed by atoms with Crippen LogP contribution < -0.4 is 10.0 Å². The molecule has 8 heteroatoms. The van der Waals surface area contributed by atoms with Gasteiger partial charge in [0.25, 0.3) is 10.0 Å². The summed E-state index contributed by atoms with van der Waals surface area (Å²) in [6, 6.07) is 0.0377. The van der Waals surface area contributed by atoms with Crippen molar-refractivity contribution in [1.82, 2.24) is 20.2 Å². The fraction of sp³-hybridized carbons (Fsp3) is 0.667. The second kappa shape index (κ2) is 5.38. The standard InChI is InChI=1S/C9H16N4O2S2/c1-10-4-7-5-11-12-9(7)17(14,15)13-8-2-3-16-6-8/h5,8,10,13H,2-4,6H2,1H3,(H,11,12). The maximum Gasteiger partial charge on any atom is 0.258 e. The molecule has 0 aliphatic carbocycles. The van der Waals surface area contributed by atoms with E-state index >= 15 is 0 Å². The van der Waals surface area contributed by atoms with Crippen LogP contribution in [0.1, 0.15) is 12.0 Å². The van der Waals surface area contributed by atoms with Gasteiger partial charge in [0.05, 0.1) is 6.20 Å². The topological polar surface area (TPSA) is 86.9 Å². The lowest BCUT2D eigenvalue weighted by molar-refractivity contribution is 0.557. The van der Waals surface area contributed by atoms with Crippen molar-refractivity contribution in [3.63, 3.8) is 0 Å². The predicted molar refractivity (Wildman–Crippen MR) is 67.4 cm³/mol. The van der Waals surface area contributed by atoms with E-state index in [0.29, 0.717) is 12.1 Å². The number of rotatable bonds is 5. The summed E-state index contributed by atoms with van der Waals surface area (Å²) < 4.78 is 27.0. The molecule has 17 heavy (non-hydrogen) atoms. The minimum absolute atomic E-state index is 0.0377. The minimum Gasteiger partial charge on any atom is -0.316 e. The lowest BCUT2D eigenvalue weighted by atomic mass is 10.3. The number of nitrogens with zero attached hydrogens (tertiary/aromatic N) is 1. The molecule has 1 aromatic heterocycles. The van der Waals surface area contributed by atoms with Crippen molar-refractivity contribution in [3.05, 3.63) is 11.8 Å². The summed E-state index contributed by atoms with van der Waals surface area (Å²) in [5.74, 6) is 1.86. The molecule has 1 fully saturated rings. The van der Waals surface area contributed by atoms with Gasteiger partial charge in [-0.25, -0.2) is 13.1 Å². The summed E-state index contributed by atoms with van der Waals surface area (Å²) in [5, 5.41) is 9.44. The van der Waals surface area contributed by atoms with Crippen LogP contribution in [0.2, 0.25) is 0 Å². The van der Waals surface area contributed by atoms with Crippen LogP contribution in [0.3, 0.4) is 0 Å². The molecule has 3 N–H and O–H groups in total. The fourth-order valence-electron chi connectivity index (χ4n) is 1.75. The van der Waals surface area contributed by atoms with Crippen molar-refractivity contribution in [1.29, 1.82) is 0 Å². The molecule has 0 amide bonds. The zero-order valence-electron chi connectivity index (χ0n) is 9.56. The average Bonchev–Trinajstić information content (AvgIpc) is 2.88. The number of H-pyrrole nitrogens is 1. The Morgan fingerprint density at radius 3 is 3.12 bits per heavy atom. The Hall–Kier alpha value is -0.570. The molecule has 96 valence electrons. The van der Waals surface area contributed by atoms with E-state index in [1.807, 2.05) is 0 Å². The first-order valence-corrected chi connectivity index (χ1v) is 8.04. The van der Waals surface area contributed by atoms with Crippen LogP contribution in [0.5, 0.6) is 0 Å². The predicted octanol–water partition coefficient (Wildman–Crippen LogP) is -0.0871. The van der Waals surface area contributed by atoms with E-state index in [1.165, 1.54) is 6.20 Å². The molecule has 0 bridgehead atoms. The van der Waals surface area contributed by atoms with Crippen molar-refractivity contribution in [2.45, 2.75) is 24.0 Å². The van der Waals surface area contributed by atoms with E-state index in [2.05, 4.69) is 20.2 Å². The summed E-state index contributed by atoms with van der Waals surface area (Å²) in [6.45, 7) is 0.478. The molecule has 6 nitrogen and oxygen atoms in total. The third kappa shape index (κ3) is 3.01. The van der Waals surface area contributed by atoms with Gasteiger partial charge in [-0.05, 0) is 19.2 Å². The van der Waals surface area contributed by atoms with Gasteiger partial charge in [-0.15, -0.1) is 0 Å². The zero-order chi connectivity index (χ0) is 12.3. The Kier molecular flexibility index (Phi) is 4.08. The maximum atomic E-state index is 12.1. The molecule has 1 atom stereocenters. The summed E-state index contributed by atoms with van der Waals surface area (Å²) in [7, 11) is -1.71. The quantitative estimate of drug-likeness (QED) is 0.700. The molecule has 1 aliphatic heterocycles. The number of sulfonamides is 1. The van der Waals surface area contributed by atoms with Crippen LogP contribution >= 0.6 is 11.8 Å². The molecule has 1 aromatic rings. The van der Waals surface area contributed by atoms with Crippen LogP contribution in [-0.2, 0) is 16.6 Å². The largest absolute Gasteiger partial charge is 0.316 e. The van der Waals surface area contributed by atoms with Gasteiger partial charge in [0.1, 0.15) is 0 Å². The summed E-state index contributed by atoms with van der Waals surface area (Å²) in [4.78, 5) is 0. The second-order valence-corrected chi connectivity index (χ2v) is 6.74. The molecule has 0 spiro atoms. The normalized spacial score (nSPS) is 20.9. The van der Waals surface area contributed by atoms with Crippen LogP contribution in [0.25, 0.3) is 0 Å². The number of aromatic nitrogens is 2. The van der Waals surface area contributed by atoms with E-state index in [1.54, 1.807) is 18.8 Å². The molecule has 0 aromatic carbocycles. The summed E-state index contributed by atoms with van der Waals surface area (Å²) >= 11 is 1.77. The van der Waals surface area contributed by atoms with Crippen LogP contribution in [-0.4, -0.2) is 43.2 Å². The SMILES string of the molecule is CNCc1cn[nH]c1S(=O)(=O)NC1CCSC1. The minimum atomic E-state index is -3.47. The molecule has 1 aliphatic rings. The lowest BCUT2D eigenvalue weighted by Crippen LogP contribution is -2.35. The molecule has 0 saturated carbocycles. The fourth-order valence-corrected chi connectivity index (χ4v) is 4.41. The van der Waals surface area contributed by atoms with Crippen LogP contribution in [0, 0.1) is 0 Å². The molecule has 1 saturated heterocycles. The highest BCUT2D eigenvalue weighted by molar-refractivity contribution is 7.99. The first-order chi connectivity index (χ1) is 8.13. The van der Waals surface area contributed by atoms with Gasteiger partial charge >= 0.3 is 0 Å². The molecule has 2 heterocycles. The van der Waals surface area contributed by atoms with E-state index in [-0.39, 0.29) is 11.1 Å². The summed E-state index contributed by atoms with van der Waals surface area (Å²) in [5.41, 5.74) is 0.658. The zero-order valence-corrected chi connectivity index (χ0v) is 11.2. The number of hydrogen-bond acceptors (Lipinski definition) is 5. The highest BCUT2D eigenvalue weighted by atomic mass is 32.2. The Labute approximate surface area is 105 Å². The van der Waals surface area contributed by atoms with Gasteiger partial charge in [-0.2, -0.15) is 16.9 Å². The van der Waals surface area contributed by atoms with Crippen molar-refractivity contribution in [2.75, 3.05) is 18.6 Å².